The molecule has 1 N–H and O–H groups in total. The smallest absolute Gasteiger partial charge is 0.246 e. The third-order valence-electron chi connectivity index (χ3n) is 5.43. The molecule has 0 aliphatic carbocycles. The van der Waals surface area contributed by atoms with Crippen LogP contribution in [0, 0.1) is 0 Å². The minimum absolute atomic E-state index is 0.0268. The van der Waals surface area contributed by atoms with Crippen LogP contribution in [0.3, 0.4) is 0 Å². The van der Waals surface area contributed by atoms with Gasteiger partial charge in [0.05, 0.1) is 0 Å². The Kier molecular flexibility index (Phi) is 6.35. The van der Waals surface area contributed by atoms with E-state index in [9.17, 15) is 4.79 Å². The quantitative estimate of drug-likeness (QED) is 0.691. The first-order valence-electron chi connectivity index (χ1n) is 10.2. The summed E-state index contributed by atoms with van der Waals surface area (Å²) in [5.41, 5.74) is 3.21. The number of rotatable bonds is 6. The minimum atomic E-state index is -0.282. The SMILES string of the molecule is O=C(Nc1ccccc1)C(c1ccccc1)N1CCN(Cc2ccccc2)CC1. The molecule has 3 aromatic carbocycles. The lowest BCUT2D eigenvalue weighted by Crippen LogP contribution is -2.49. The molecule has 1 heterocycles. The van der Waals surface area contributed by atoms with E-state index in [2.05, 4.69) is 45.4 Å². The van der Waals surface area contributed by atoms with Gasteiger partial charge in [-0.1, -0.05) is 78.9 Å². The molecule has 1 aliphatic heterocycles. The Bertz CT molecular complexity index is 891. The van der Waals surface area contributed by atoms with Gasteiger partial charge in [0.15, 0.2) is 0 Å². The molecular weight excluding hydrogens is 358 g/mol. The van der Waals surface area contributed by atoms with Crippen LogP contribution in [-0.2, 0) is 11.3 Å². The number of nitrogens with zero attached hydrogens (tertiary/aromatic N) is 2. The van der Waals surface area contributed by atoms with Crippen molar-refractivity contribution in [1.82, 2.24) is 9.80 Å². The van der Waals surface area contributed by atoms with Crippen LogP contribution in [-0.4, -0.2) is 41.9 Å². The molecule has 4 heteroatoms. The summed E-state index contributed by atoms with van der Waals surface area (Å²) in [5.74, 6) is 0.0268. The summed E-state index contributed by atoms with van der Waals surface area (Å²) in [4.78, 5) is 18.0. The Labute approximate surface area is 172 Å². The fraction of sp³-hybridized carbons (Fsp3) is 0.240. The van der Waals surface area contributed by atoms with Crippen molar-refractivity contribution < 1.29 is 4.79 Å². The van der Waals surface area contributed by atoms with Gasteiger partial charge in [-0.2, -0.15) is 0 Å². The van der Waals surface area contributed by atoms with Gasteiger partial charge in [0, 0.05) is 38.4 Å². The number of hydrogen-bond donors (Lipinski definition) is 1. The molecule has 3 aromatic rings. The van der Waals surface area contributed by atoms with E-state index in [1.807, 2.05) is 60.7 Å². The molecule has 1 aliphatic rings. The highest BCUT2D eigenvalue weighted by atomic mass is 16.2. The van der Waals surface area contributed by atoms with E-state index in [4.69, 9.17) is 0 Å². The fourth-order valence-corrected chi connectivity index (χ4v) is 3.92. The molecule has 0 saturated carbocycles. The second-order valence-corrected chi connectivity index (χ2v) is 7.47. The van der Waals surface area contributed by atoms with Gasteiger partial charge < -0.3 is 5.32 Å². The van der Waals surface area contributed by atoms with Gasteiger partial charge in [-0.15, -0.1) is 0 Å². The van der Waals surface area contributed by atoms with Crippen molar-refractivity contribution in [2.75, 3.05) is 31.5 Å². The highest BCUT2D eigenvalue weighted by Crippen LogP contribution is 2.24. The monoisotopic (exact) mass is 385 g/mol. The lowest BCUT2D eigenvalue weighted by atomic mass is 10.0. The number of para-hydroxylation sites is 1. The van der Waals surface area contributed by atoms with Crippen molar-refractivity contribution in [1.29, 1.82) is 0 Å². The van der Waals surface area contributed by atoms with E-state index in [-0.39, 0.29) is 11.9 Å². The maximum Gasteiger partial charge on any atom is 0.246 e. The third-order valence-corrected chi connectivity index (χ3v) is 5.43. The molecule has 1 fully saturated rings. The van der Waals surface area contributed by atoms with Crippen LogP contribution >= 0.6 is 0 Å². The molecule has 0 bridgehead atoms. The summed E-state index contributed by atoms with van der Waals surface area (Å²) in [7, 11) is 0. The van der Waals surface area contributed by atoms with Crippen molar-refractivity contribution in [2.45, 2.75) is 12.6 Å². The topological polar surface area (TPSA) is 35.6 Å². The first-order chi connectivity index (χ1) is 14.3. The fourth-order valence-electron chi connectivity index (χ4n) is 3.92. The molecule has 0 spiro atoms. The largest absolute Gasteiger partial charge is 0.324 e. The molecule has 148 valence electrons. The van der Waals surface area contributed by atoms with Gasteiger partial charge in [0.1, 0.15) is 6.04 Å². The first kappa shape index (κ1) is 19.4. The van der Waals surface area contributed by atoms with Crippen LogP contribution in [0.1, 0.15) is 17.2 Å². The number of carbonyl (C=O) groups excluding carboxylic acids is 1. The number of piperazine rings is 1. The van der Waals surface area contributed by atoms with Gasteiger partial charge >= 0.3 is 0 Å². The van der Waals surface area contributed by atoms with Gasteiger partial charge in [-0.25, -0.2) is 0 Å². The Morgan fingerprint density at radius 2 is 1.31 bits per heavy atom. The predicted molar refractivity (Wildman–Crippen MR) is 118 cm³/mol. The Morgan fingerprint density at radius 3 is 1.93 bits per heavy atom. The van der Waals surface area contributed by atoms with Crippen molar-refractivity contribution in [3.8, 4) is 0 Å². The van der Waals surface area contributed by atoms with Crippen LogP contribution in [0.4, 0.5) is 5.69 Å². The van der Waals surface area contributed by atoms with Crippen LogP contribution in [0.5, 0.6) is 0 Å². The Hall–Kier alpha value is -2.95. The summed E-state index contributed by atoms with van der Waals surface area (Å²) < 4.78 is 0. The van der Waals surface area contributed by atoms with Crippen molar-refractivity contribution >= 4 is 11.6 Å². The zero-order valence-electron chi connectivity index (χ0n) is 16.6. The number of nitrogens with one attached hydrogen (secondary N) is 1. The average molecular weight is 386 g/mol. The van der Waals surface area contributed by atoms with Crippen molar-refractivity contribution in [3.05, 3.63) is 102 Å². The van der Waals surface area contributed by atoms with Gasteiger partial charge in [-0.05, 0) is 23.3 Å². The zero-order chi connectivity index (χ0) is 19.9. The van der Waals surface area contributed by atoms with Crippen molar-refractivity contribution in [2.24, 2.45) is 0 Å². The summed E-state index contributed by atoms with van der Waals surface area (Å²) in [5, 5.41) is 3.09. The number of carbonyl (C=O) groups is 1. The zero-order valence-corrected chi connectivity index (χ0v) is 16.6. The molecule has 4 nitrogen and oxygen atoms in total. The normalized spacial score (nSPS) is 16.3. The third kappa shape index (κ3) is 5.11. The molecule has 4 rings (SSSR count). The molecular formula is C25H27N3O. The maximum atomic E-state index is 13.2. The van der Waals surface area contributed by atoms with Crippen LogP contribution in [0.25, 0.3) is 0 Å². The lowest BCUT2D eigenvalue weighted by Gasteiger charge is -2.38. The summed E-state index contributed by atoms with van der Waals surface area (Å²) in [6.45, 7) is 4.61. The molecule has 1 saturated heterocycles. The number of amides is 1. The van der Waals surface area contributed by atoms with E-state index in [0.29, 0.717) is 0 Å². The van der Waals surface area contributed by atoms with E-state index >= 15 is 0 Å². The van der Waals surface area contributed by atoms with E-state index < -0.39 is 0 Å². The average Bonchev–Trinajstić information content (AvgIpc) is 2.77. The van der Waals surface area contributed by atoms with E-state index in [0.717, 1.165) is 44.0 Å². The lowest BCUT2D eigenvalue weighted by molar-refractivity contribution is -0.122. The van der Waals surface area contributed by atoms with E-state index in [1.165, 1.54) is 5.56 Å². The van der Waals surface area contributed by atoms with Crippen molar-refractivity contribution in [3.63, 3.8) is 0 Å². The number of benzene rings is 3. The molecule has 0 aromatic heterocycles. The standard InChI is InChI=1S/C25H27N3O/c29-25(26-23-14-8-3-9-15-23)24(22-12-6-2-7-13-22)28-18-16-27(17-19-28)20-21-10-4-1-5-11-21/h1-15,24H,16-20H2,(H,26,29). The maximum absolute atomic E-state index is 13.2. The highest BCUT2D eigenvalue weighted by Gasteiger charge is 2.30. The van der Waals surface area contributed by atoms with E-state index in [1.54, 1.807) is 0 Å². The van der Waals surface area contributed by atoms with Gasteiger partial charge in [0.25, 0.3) is 0 Å². The first-order valence-corrected chi connectivity index (χ1v) is 10.2. The second kappa shape index (κ2) is 9.50. The summed E-state index contributed by atoms with van der Waals surface area (Å²) >= 11 is 0. The molecule has 0 radical (unpaired) electrons. The Balaban J connectivity index is 1.45. The van der Waals surface area contributed by atoms with Gasteiger partial charge in [-0.3, -0.25) is 14.6 Å². The second-order valence-electron chi connectivity index (χ2n) is 7.47. The predicted octanol–water partition coefficient (Wildman–Crippen LogP) is 4.18. The summed E-state index contributed by atoms with van der Waals surface area (Å²) in [6.07, 6.45) is 0. The molecule has 1 amide bonds. The van der Waals surface area contributed by atoms with Gasteiger partial charge in [0.2, 0.25) is 5.91 Å². The molecule has 1 atom stereocenters. The number of hydrogen-bond acceptors (Lipinski definition) is 3. The minimum Gasteiger partial charge on any atom is -0.324 e. The Morgan fingerprint density at radius 1 is 0.759 bits per heavy atom. The van der Waals surface area contributed by atoms with Crippen LogP contribution in [0.15, 0.2) is 91.0 Å². The van der Waals surface area contributed by atoms with Crippen LogP contribution in [0.2, 0.25) is 0 Å². The van der Waals surface area contributed by atoms with Crippen LogP contribution < -0.4 is 5.32 Å². The molecule has 1 unspecified atom stereocenters. The number of anilines is 1. The molecule has 29 heavy (non-hydrogen) atoms. The summed E-state index contributed by atoms with van der Waals surface area (Å²) in [6, 6.07) is 30.1. The highest BCUT2D eigenvalue weighted by molar-refractivity contribution is 5.95.